The zero-order valence-electron chi connectivity index (χ0n) is 18.0. The van der Waals surface area contributed by atoms with E-state index in [4.69, 9.17) is 4.74 Å². The highest BCUT2D eigenvalue weighted by molar-refractivity contribution is 5.99. The van der Waals surface area contributed by atoms with Crippen molar-refractivity contribution in [1.29, 1.82) is 0 Å². The third-order valence-electron chi connectivity index (χ3n) is 5.41. The molecule has 3 aromatic rings. The second-order valence-corrected chi connectivity index (χ2v) is 8.45. The molecule has 1 fully saturated rings. The van der Waals surface area contributed by atoms with Gasteiger partial charge < -0.3 is 19.5 Å². The molecule has 1 aromatic carbocycles. The molecule has 2 amide bonds. The lowest BCUT2D eigenvalue weighted by Crippen LogP contribution is -2.40. The number of nitrogens with one attached hydrogen (secondary N) is 1. The van der Waals surface area contributed by atoms with Crippen LogP contribution in [0.25, 0.3) is 10.9 Å². The molecule has 1 aliphatic rings. The van der Waals surface area contributed by atoms with E-state index in [9.17, 15) is 9.59 Å². The van der Waals surface area contributed by atoms with Crippen LogP contribution < -0.4 is 0 Å². The average molecular weight is 421 g/mol. The molecule has 0 aliphatic carbocycles. The average Bonchev–Trinajstić information content (AvgIpc) is 3.18. The zero-order chi connectivity index (χ0) is 21.8. The number of ether oxygens (including phenoxy) is 1. The maximum atomic E-state index is 13.3. The number of aromatic amines is 1. The Kier molecular flexibility index (Phi) is 6.32. The molecular weight excluding hydrogens is 392 g/mol. The molecule has 7 nitrogen and oxygen atoms in total. The Morgan fingerprint density at radius 3 is 2.90 bits per heavy atom. The van der Waals surface area contributed by atoms with Crippen LogP contribution >= 0.6 is 0 Å². The summed E-state index contributed by atoms with van der Waals surface area (Å²) in [5, 5.41) is 1.05. The molecule has 1 atom stereocenters. The van der Waals surface area contributed by atoms with Gasteiger partial charge in [0.05, 0.1) is 12.7 Å². The number of carbonyl (C=O) groups excluding carboxylic acids is 2. The summed E-state index contributed by atoms with van der Waals surface area (Å²) in [5.74, 6) is 0.127. The van der Waals surface area contributed by atoms with Gasteiger partial charge in [-0.25, -0.2) is 0 Å². The van der Waals surface area contributed by atoms with Gasteiger partial charge in [-0.15, -0.1) is 0 Å². The minimum atomic E-state index is -0.274. The largest absolute Gasteiger partial charge is 0.370 e. The van der Waals surface area contributed by atoms with E-state index < -0.39 is 0 Å². The van der Waals surface area contributed by atoms with Gasteiger partial charge in [0.15, 0.2) is 0 Å². The molecule has 0 unspecified atom stereocenters. The second-order valence-electron chi connectivity index (χ2n) is 8.45. The van der Waals surface area contributed by atoms with Gasteiger partial charge >= 0.3 is 0 Å². The Labute approximate surface area is 182 Å². The number of rotatable bonds is 6. The molecule has 0 saturated carbocycles. The zero-order valence-corrected chi connectivity index (χ0v) is 18.0. The summed E-state index contributed by atoms with van der Waals surface area (Å²) < 4.78 is 6.15. The van der Waals surface area contributed by atoms with Crippen molar-refractivity contribution in [3.05, 3.63) is 66.1 Å². The molecule has 7 heteroatoms. The molecule has 4 rings (SSSR count). The molecule has 1 aliphatic heterocycles. The number of benzene rings is 1. The van der Waals surface area contributed by atoms with Gasteiger partial charge in [-0.3, -0.25) is 14.6 Å². The first kappa shape index (κ1) is 21.1. The summed E-state index contributed by atoms with van der Waals surface area (Å²) in [6, 6.07) is 11.4. The summed E-state index contributed by atoms with van der Waals surface area (Å²) in [5.41, 5.74) is 2.42. The number of hydrogen-bond donors (Lipinski definition) is 1. The summed E-state index contributed by atoms with van der Waals surface area (Å²) in [4.78, 5) is 36.9. The van der Waals surface area contributed by atoms with Crippen LogP contribution in [-0.4, -0.2) is 63.9 Å². The fourth-order valence-electron chi connectivity index (χ4n) is 3.92. The van der Waals surface area contributed by atoms with Crippen molar-refractivity contribution < 1.29 is 14.3 Å². The van der Waals surface area contributed by atoms with E-state index in [1.807, 2.05) is 47.5 Å². The van der Waals surface area contributed by atoms with E-state index in [1.54, 1.807) is 17.3 Å². The van der Waals surface area contributed by atoms with E-state index in [2.05, 4.69) is 23.8 Å². The molecule has 2 aromatic heterocycles. The molecule has 31 heavy (non-hydrogen) atoms. The second kappa shape index (κ2) is 9.31. The van der Waals surface area contributed by atoms with Gasteiger partial charge in [-0.1, -0.05) is 26.0 Å². The summed E-state index contributed by atoms with van der Waals surface area (Å²) in [6.07, 6.45) is 5.06. The first-order chi connectivity index (χ1) is 15.0. The number of pyridine rings is 1. The van der Waals surface area contributed by atoms with Gasteiger partial charge in [0, 0.05) is 49.3 Å². The predicted octanol–water partition coefficient (Wildman–Crippen LogP) is 3.09. The first-order valence-electron chi connectivity index (χ1n) is 10.6. The Morgan fingerprint density at radius 2 is 2.13 bits per heavy atom. The SMILES string of the molecule is CC(C)CN1C[C@@H](OCc2cccnc2)CN(C(=O)c2ccc3cc[nH]c3c2)CC1=O. The van der Waals surface area contributed by atoms with E-state index in [0.717, 1.165) is 16.5 Å². The third kappa shape index (κ3) is 5.11. The van der Waals surface area contributed by atoms with Crippen LogP contribution in [-0.2, 0) is 16.1 Å². The molecule has 162 valence electrons. The maximum absolute atomic E-state index is 13.3. The fraction of sp³-hybridized carbons (Fsp3) is 0.375. The van der Waals surface area contributed by atoms with Crippen molar-refractivity contribution >= 4 is 22.7 Å². The standard InChI is InChI=1S/C24H28N4O3/c1-17(2)12-27-13-21(31-16-18-4-3-8-25-11-18)14-28(15-23(27)29)24(30)20-6-5-19-7-9-26-22(19)10-20/h3-11,17,21,26H,12-16H2,1-2H3/t21-/m1/s1. The maximum Gasteiger partial charge on any atom is 0.254 e. The van der Waals surface area contributed by atoms with Crippen molar-refractivity contribution in [2.75, 3.05) is 26.2 Å². The van der Waals surface area contributed by atoms with Crippen LogP contribution in [0, 0.1) is 5.92 Å². The van der Waals surface area contributed by atoms with Gasteiger partial charge in [-0.2, -0.15) is 0 Å². The van der Waals surface area contributed by atoms with Crippen molar-refractivity contribution in [2.24, 2.45) is 5.92 Å². The number of nitrogens with zero attached hydrogens (tertiary/aromatic N) is 3. The van der Waals surface area contributed by atoms with Crippen LogP contribution in [0.5, 0.6) is 0 Å². The molecule has 3 heterocycles. The highest BCUT2D eigenvalue weighted by Crippen LogP contribution is 2.18. The Hall–Kier alpha value is -3.19. The van der Waals surface area contributed by atoms with Crippen molar-refractivity contribution in [2.45, 2.75) is 26.6 Å². The van der Waals surface area contributed by atoms with Crippen molar-refractivity contribution in [3.8, 4) is 0 Å². The normalized spacial score (nSPS) is 17.4. The quantitative estimate of drug-likeness (QED) is 0.665. The van der Waals surface area contributed by atoms with Crippen LogP contribution in [0.2, 0.25) is 0 Å². The van der Waals surface area contributed by atoms with Gasteiger partial charge in [-0.05, 0) is 41.1 Å². The molecule has 0 spiro atoms. The minimum Gasteiger partial charge on any atom is -0.370 e. The van der Waals surface area contributed by atoms with Crippen LogP contribution in [0.4, 0.5) is 0 Å². The predicted molar refractivity (Wildman–Crippen MR) is 118 cm³/mol. The molecule has 1 N–H and O–H groups in total. The van der Waals surface area contributed by atoms with E-state index >= 15 is 0 Å². The van der Waals surface area contributed by atoms with E-state index in [1.165, 1.54) is 0 Å². The van der Waals surface area contributed by atoms with Gasteiger partial charge in [0.2, 0.25) is 5.91 Å². The number of hydrogen-bond acceptors (Lipinski definition) is 4. The van der Waals surface area contributed by atoms with Crippen LogP contribution in [0.3, 0.4) is 0 Å². The number of amides is 2. The topological polar surface area (TPSA) is 78.5 Å². The van der Waals surface area contributed by atoms with Gasteiger partial charge in [0.25, 0.3) is 5.91 Å². The minimum absolute atomic E-state index is 0.0459. The highest BCUT2D eigenvalue weighted by atomic mass is 16.5. The molecule has 0 radical (unpaired) electrons. The number of aromatic nitrogens is 2. The van der Waals surface area contributed by atoms with Crippen LogP contribution in [0.15, 0.2) is 55.0 Å². The number of fused-ring (bicyclic) bond motifs is 1. The molecule has 0 bridgehead atoms. The smallest absolute Gasteiger partial charge is 0.254 e. The number of carbonyl (C=O) groups is 2. The summed E-state index contributed by atoms with van der Waals surface area (Å²) in [7, 11) is 0. The Balaban J connectivity index is 1.54. The van der Waals surface area contributed by atoms with Crippen molar-refractivity contribution in [3.63, 3.8) is 0 Å². The lowest BCUT2D eigenvalue weighted by atomic mass is 10.1. The highest BCUT2D eigenvalue weighted by Gasteiger charge is 2.31. The van der Waals surface area contributed by atoms with E-state index in [-0.39, 0.29) is 24.5 Å². The summed E-state index contributed by atoms with van der Waals surface area (Å²) >= 11 is 0. The molecule has 1 saturated heterocycles. The lowest BCUT2D eigenvalue weighted by molar-refractivity contribution is -0.132. The fourth-order valence-corrected chi connectivity index (χ4v) is 3.92. The van der Waals surface area contributed by atoms with E-state index in [0.29, 0.717) is 37.7 Å². The number of H-pyrrole nitrogens is 1. The van der Waals surface area contributed by atoms with Crippen LogP contribution in [0.1, 0.15) is 29.8 Å². The Bertz CT molecular complexity index is 1050. The summed E-state index contributed by atoms with van der Waals surface area (Å²) in [6.45, 7) is 6.08. The van der Waals surface area contributed by atoms with Crippen molar-refractivity contribution in [1.82, 2.24) is 19.8 Å². The third-order valence-corrected chi connectivity index (χ3v) is 5.41. The molecular formula is C24H28N4O3. The first-order valence-corrected chi connectivity index (χ1v) is 10.6. The van der Waals surface area contributed by atoms with Gasteiger partial charge in [0.1, 0.15) is 6.54 Å². The lowest BCUT2D eigenvalue weighted by Gasteiger charge is -2.26. The Morgan fingerprint density at radius 1 is 1.26 bits per heavy atom. The monoisotopic (exact) mass is 420 g/mol.